The Hall–Kier alpha value is -2.87. The maximum atomic E-state index is 13.2. The SMILES string of the molecule is CN(C)C1CCN(c2ccc3c(n2)N(C(=O)Nc2cccnc2)C2CCN3C2)C1. The lowest BCUT2D eigenvalue weighted by molar-refractivity contribution is 0.255. The third-order valence-electron chi connectivity index (χ3n) is 6.29. The zero-order valence-electron chi connectivity index (χ0n) is 17.0. The molecule has 3 aliphatic heterocycles. The molecule has 2 bridgehead atoms. The number of rotatable bonds is 3. The number of anilines is 4. The van der Waals surface area contributed by atoms with Gasteiger partial charge >= 0.3 is 6.03 Å². The average Bonchev–Trinajstić information content (AvgIpc) is 3.37. The summed E-state index contributed by atoms with van der Waals surface area (Å²) in [6, 6.07) is 8.46. The summed E-state index contributed by atoms with van der Waals surface area (Å²) in [5.74, 6) is 1.72. The molecule has 2 aromatic heterocycles. The molecule has 29 heavy (non-hydrogen) atoms. The van der Waals surface area contributed by atoms with Crippen LogP contribution in [0.25, 0.3) is 0 Å². The van der Waals surface area contributed by atoms with Gasteiger partial charge in [-0.25, -0.2) is 9.78 Å². The van der Waals surface area contributed by atoms with Crippen LogP contribution in [0.2, 0.25) is 0 Å². The minimum Gasteiger partial charge on any atom is -0.366 e. The number of hydrogen-bond acceptors (Lipinski definition) is 6. The number of urea groups is 1. The number of nitrogens with one attached hydrogen (secondary N) is 1. The summed E-state index contributed by atoms with van der Waals surface area (Å²) >= 11 is 0. The van der Waals surface area contributed by atoms with E-state index in [9.17, 15) is 4.79 Å². The van der Waals surface area contributed by atoms with Crippen molar-refractivity contribution in [3.63, 3.8) is 0 Å². The van der Waals surface area contributed by atoms with Crippen molar-refractivity contribution in [1.29, 1.82) is 0 Å². The van der Waals surface area contributed by atoms with Crippen LogP contribution in [0, 0.1) is 0 Å². The molecule has 2 fully saturated rings. The standard InChI is InChI=1S/C21H27N7O/c1-25(2)16-7-11-27(13-16)19-6-5-18-20(24-19)28(17-8-10-26(18)14-17)21(29)23-15-4-3-9-22-12-15/h3-6,9,12,16-17H,7-8,10-11,13-14H2,1-2H3,(H,23,29). The number of hydrogen-bond donors (Lipinski definition) is 1. The van der Waals surface area contributed by atoms with Crippen molar-refractivity contribution in [2.75, 3.05) is 60.3 Å². The van der Waals surface area contributed by atoms with Gasteiger partial charge in [-0.2, -0.15) is 0 Å². The summed E-state index contributed by atoms with van der Waals surface area (Å²) in [5.41, 5.74) is 1.75. The van der Waals surface area contributed by atoms with Gasteiger partial charge < -0.3 is 20.0 Å². The number of likely N-dealkylation sites (N-methyl/N-ethyl adjacent to an activating group) is 1. The number of fused-ring (bicyclic) bond motifs is 4. The molecule has 8 nitrogen and oxygen atoms in total. The van der Waals surface area contributed by atoms with Gasteiger partial charge in [0, 0.05) is 38.4 Å². The predicted octanol–water partition coefficient (Wildman–Crippen LogP) is 2.25. The number of carbonyl (C=O) groups is 1. The fourth-order valence-corrected chi connectivity index (χ4v) is 4.63. The lowest BCUT2D eigenvalue weighted by Crippen LogP contribution is -2.48. The topological polar surface area (TPSA) is 67.8 Å². The first-order chi connectivity index (χ1) is 14.1. The molecule has 0 radical (unpaired) electrons. The van der Waals surface area contributed by atoms with Crippen molar-refractivity contribution in [2.45, 2.75) is 24.9 Å². The molecule has 0 aromatic carbocycles. The highest BCUT2D eigenvalue weighted by atomic mass is 16.2. The second kappa shape index (κ2) is 7.18. The van der Waals surface area contributed by atoms with Crippen molar-refractivity contribution >= 4 is 29.0 Å². The first-order valence-electron chi connectivity index (χ1n) is 10.3. The molecule has 1 N–H and O–H groups in total. The predicted molar refractivity (Wildman–Crippen MR) is 115 cm³/mol. The second-order valence-corrected chi connectivity index (χ2v) is 8.29. The molecule has 0 saturated carbocycles. The molecule has 5 heterocycles. The monoisotopic (exact) mass is 393 g/mol. The number of amides is 2. The molecule has 8 heteroatoms. The highest BCUT2D eigenvalue weighted by Crippen LogP contribution is 2.40. The van der Waals surface area contributed by atoms with E-state index in [2.05, 4.69) is 51.2 Å². The number of pyridine rings is 2. The molecule has 2 amide bonds. The van der Waals surface area contributed by atoms with Crippen LogP contribution in [0.5, 0.6) is 0 Å². The van der Waals surface area contributed by atoms with Crippen LogP contribution in [-0.4, -0.2) is 73.3 Å². The van der Waals surface area contributed by atoms with Gasteiger partial charge in [0.05, 0.1) is 23.6 Å². The average molecular weight is 393 g/mol. The smallest absolute Gasteiger partial charge is 0.327 e. The molecule has 2 aromatic rings. The van der Waals surface area contributed by atoms with Gasteiger partial charge in [-0.3, -0.25) is 9.88 Å². The molecule has 0 aliphatic carbocycles. The summed E-state index contributed by atoms with van der Waals surface area (Å²) < 4.78 is 0. The third kappa shape index (κ3) is 3.27. The van der Waals surface area contributed by atoms with E-state index in [1.807, 2.05) is 17.0 Å². The van der Waals surface area contributed by atoms with E-state index in [0.717, 1.165) is 56.3 Å². The van der Waals surface area contributed by atoms with E-state index in [4.69, 9.17) is 4.98 Å². The normalized spacial score (nSPS) is 22.9. The van der Waals surface area contributed by atoms with Crippen LogP contribution in [0.1, 0.15) is 12.8 Å². The van der Waals surface area contributed by atoms with Crippen LogP contribution >= 0.6 is 0 Å². The zero-order valence-corrected chi connectivity index (χ0v) is 17.0. The summed E-state index contributed by atoms with van der Waals surface area (Å²) in [6.45, 7) is 3.78. The molecular formula is C21H27N7O. The summed E-state index contributed by atoms with van der Waals surface area (Å²) in [5, 5.41) is 2.99. The quantitative estimate of drug-likeness (QED) is 0.863. The Morgan fingerprint density at radius 3 is 2.76 bits per heavy atom. The van der Waals surface area contributed by atoms with E-state index < -0.39 is 0 Å². The summed E-state index contributed by atoms with van der Waals surface area (Å²) in [6.07, 6.45) is 5.45. The van der Waals surface area contributed by atoms with Gasteiger partial charge in [0.15, 0.2) is 5.82 Å². The highest BCUT2D eigenvalue weighted by molar-refractivity contribution is 6.04. The minimum absolute atomic E-state index is 0.136. The van der Waals surface area contributed by atoms with Crippen LogP contribution < -0.4 is 20.0 Å². The number of nitrogens with zero attached hydrogens (tertiary/aromatic N) is 6. The Morgan fingerprint density at radius 2 is 2.00 bits per heavy atom. The molecule has 2 unspecified atom stereocenters. The Kier molecular flexibility index (Phi) is 4.50. The number of carbonyl (C=O) groups excluding carboxylic acids is 1. The fraction of sp³-hybridized carbons (Fsp3) is 0.476. The lowest BCUT2D eigenvalue weighted by Gasteiger charge is -2.36. The lowest BCUT2D eigenvalue weighted by atomic mass is 10.2. The maximum Gasteiger partial charge on any atom is 0.327 e. The van der Waals surface area contributed by atoms with Gasteiger partial charge in [0.2, 0.25) is 0 Å². The summed E-state index contributed by atoms with van der Waals surface area (Å²) in [7, 11) is 4.26. The van der Waals surface area contributed by atoms with Gasteiger partial charge in [-0.05, 0) is 51.2 Å². The Balaban J connectivity index is 1.45. The van der Waals surface area contributed by atoms with Crippen molar-refractivity contribution in [3.05, 3.63) is 36.7 Å². The molecule has 2 saturated heterocycles. The van der Waals surface area contributed by atoms with Crippen LogP contribution in [-0.2, 0) is 0 Å². The van der Waals surface area contributed by atoms with E-state index in [1.54, 1.807) is 12.4 Å². The largest absolute Gasteiger partial charge is 0.366 e. The molecule has 5 rings (SSSR count). The summed E-state index contributed by atoms with van der Waals surface area (Å²) in [4.78, 5) is 31.1. The molecule has 2 atom stereocenters. The van der Waals surface area contributed by atoms with Crippen LogP contribution in [0.4, 0.5) is 27.8 Å². The van der Waals surface area contributed by atoms with Crippen molar-refractivity contribution in [2.24, 2.45) is 0 Å². The first kappa shape index (κ1) is 18.2. The minimum atomic E-state index is -0.136. The Labute approximate surface area is 171 Å². The van der Waals surface area contributed by atoms with E-state index in [0.29, 0.717) is 11.7 Å². The van der Waals surface area contributed by atoms with Crippen molar-refractivity contribution < 1.29 is 4.79 Å². The van der Waals surface area contributed by atoms with Gasteiger partial charge in [-0.1, -0.05) is 0 Å². The highest BCUT2D eigenvalue weighted by Gasteiger charge is 2.40. The molecule has 3 aliphatic rings. The second-order valence-electron chi connectivity index (χ2n) is 8.29. The van der Waals surface area contributed by atoms with Gasteiger partial charge in [0.25, 0.3) is 0 Å². The third-order valence-corrected chi connectivity index (χ3v) is 6.29. The Morgan fingerprint density at radius 1 is 1.14 bits per heavy atom. The van der Waals surface area contributed by atoms with E-state index >= 15 is 0 Å². The van der Waals surface area contributed by atoms with E-state index in [-0.39, 0.29) is 12.1 Å². The molecule has 0 spiro atoms. The van der Waals surface area contributed by atoms with Crippen molar-refractivity contribution in [1.82, 2.24) is 14.9 Å². The molecule has 152 valence electrons. The van der Waals surface area contributed by atoms with Gasteiger partial charge in [-0.15, -0.1) is 0 Å². The van der Waals surface area contributed by atoms with Crippen molar-refractivity contribution in [3.8, 4) is 0 Å². The fourth-order valence-electron chi connectivity index (χ4n) is 4.63. The number of aromatic nitrogens is 2. The first-order valence-corrected chi connectivity index (χ1v) is 10.3. The van der Waals surface area contributed by atoms with Gasteiger partial charge in [0.1, 0.15) is 5.82 Å². The molecular weight excluding hydrogens is 366 g/mol. The zero-order chi connectivity index (χ0) is 20.0. The maximum absolute atomic E-state index is 13.2. The van der Waals surface area contributed by atoms with Crippen LogP contribution in [0.3, 0.4) is 0 Å². The Bertz CT molecular complexity index is 903. The van der Waals surface area contributed by atoms with E-state index in [1.165, 1.54) is 0 Å². The van der Waals surface area contributed by atoms with Crippen LogP contribution in [0.15, 0.2) is 36.7 Å².